The number of aromatic nitrogens is 1. The number of carbonyl (C=O) groups is 2. The van der Waals surface area contributed by atoms with Crippen molar-refractivity contribution in [2.45, 2.75) is 63.6 Å². The minimum atomic E-state index is -1.36. The summed E-state index contributed by atoms with van der Waals surface area (Å²) in [7, 11) is 0. The van der Waals surface area contributed by atoms with Crippen LogP contribution in [0.2, 0.25) is 0 Å². The van der Waals surface area contributed by atoms with E-state index in [0.29, 0.717) is 12.1 Å². The van der Waals surface area contributed by atoms with Gasteiger partial charge in [0, 0.05) is 12.2 Å². The lowest BCUT2D eigenvalue weighted by Gasteiger charge is -2.32. The fraction of sp³-hybridized carbons (Fsp3) is 0.367. The maximum atomic E-state index is 13.4. The van der Waals surface area contributed by atoms with Crippen LogP contribution in [0.25, 0.3) is 0 Å². The van der Waals surface area contributed by atoms with Crippen molar-refractivity contribution < 1.29 is 24.5 Å². The monoisotopic (exact) mass is 534 g/mol. The van der Waals surface area contributed by atoms with Gasteiger partial charge >= 0.3 is 6.09 Å². The Labute approximate surface area is 229 Å². The number of hydrogen-bond donors (Lipinski definition) is 5. The van der Waals surface area contributed by atoms with Crippen LogP contribution in [0, 0.1) is 5.92 Å². The maximum Gasteiger partial charge on any atom is 0.408 e. The number of amides is 2. The van der Waals surface area contributed by atoms with Crippen molar-refractivity contribution in [3.05, 3.63) is 102 Å². The van der Waals surface area contributed by atoms with Crippen molar-refractivity contribution in [1.29, 1.82) is 0 Å². The van der Waals surface area contributed by atoms with Gasteiger partial charge in [0.2, 0.25) is 5.91 Å². The highest BCUT2D eigenvalue weighted by molar-refractivity contribution is 5.86. The van der Waals surface area contributed by atoms with Crippen LogP contribution in [0.4, 0.5) is 4.79 Å². The lowest BCUT2D eigenvalue weighted by Crippen LogP contribution is -2.59. The first-order chi connectivity index (χ1) is 18.7. The van der Waals surface area contributed by atoms with Crippen LogP contribution in [0.5, 0.6) is 0 Å². The van der Waals surface area contributed by atoms with Crippen LogP contribution >= 0.6 is 0 Å². The second-order valence-electron chi connectivity index (χ2n) is 9.90. The zero-order chi connectivity index (χ0) is 28.2. The number of pyridine rings is 1. The van der Waals surface area contributed by atoms with Crippen molar-refractivity contribution in [2.75, 3.05) is 0 Å². The third-order valence-corrected chi connectivity index (χ3v) is 6.44. The molecular formula is C30H38N4O5. The van der Waals surface area contributed by atoms with Crippen LogP contribution in [-0.2, 0) is 29.0 Å². The SMILES string of the molecule is CC(C)[C@H](NC(=O)OCc1ccccn1)C(=O)N[C@@H](Cc1ccccc1)[C@H](O)[C@@H](O)[C@@H](N)Cc1ccccc1. The molecule has 2 aromatic carbocycles. The van der Waals surface area contributed by atoms with Crippen molar-refractivity contribution >= 4 is 12.0 Å². The highest BCUT2D eigenvalue weighted by Gasteiger charge is 2.34. The fourth-order valence-electron chi connectivity index (χ4n) is 4.22. The molecule has 0 aliphatic heterocycles. The van der Waals surface area contributed by atoms with Gasteiger partial charge in [-0.05, 0) is 42.0 Å². The van der Waals surface area contributed by atoms with Crippen LogP contribution in [0.15, 0.2) is 85.1 Å². The first kappa shape index (κ1) is 29.8. The molecule has 39 heavy (non-hydrogen) atoms. The van der Waals surface area contributed by atoms with Gasteiger partial charge in [0.25, 0.3) is 0 Å². The van der Waals surface area contributed by atoms with E-state index in [4.69, 9.17) is 10.5 Å². The molecule has 208 valence electrons. The van der Waals surface area contributed by atoms with Crippen LogP contribution < -0.4 is 16.4 Å². The summed E-state index contributed by atoms with van der Waals surface area (Å²) in [5.74, 6) is -0.796. The predicted octanol–water partition coefficient (Wildman–Crippen LogP) is 2.35. The highest BCUT2D eigenvalue weighted by Crippen LogP contribution is 2.15. The molecule has 5 atom stereocenters. The number of rotatable bonds is 13. The maximum absolute atomic E-state index is 13.4. The summed E-state index contributed by atoms with van der Waals surface area (Å²) in [5, 5.41) is 27.6. The smallest absolute Gasteiger partial charge is 0.408 e. The Kier molecular flexibility index (Phi) is 11.4. The molecule has 9 heteroatoms. The summed E-state index contributed by atoms with van der Waals surface area (Å²) in [6, 6.07) is 21.4. The molecular weight excluding hydrogens is 496 g/mol. The summed E-state index contributed by atoms with van der Waals surface area (Å²) in [6.45, 7) is 3.53. The molecule has 0 saturated heterocycles. The van der Waals surface area contributed by atoms with Gasteiger partial charge < -0.3 is 31.3 Å². The van der Waals surface area contributed by atoms with Gasteiger partial charge in [0.15, 0.2) is 0 Å². The quantitative estimate of drug-likeness (QED) is 0.226. The largest absolute Gasteiger partial charge is 0.443 e. The lowest BCUT2D eigenvalue weighted by atomic mass is 9.91. The Morgan fingerprint density at radius 3 is 2.00 bits per heavy atom. The van der Waals surface area contributed by atoms with Crippen LogP contribution in [-0.4, -0.2) is 57.5 Å². The molecule has 0 aliphatic carbocycles. The summed E-state index contributed by atoms with van der Waals surface area (Å²) in [4.78, 5) is 29.9. The molecule has 1 heterocycles. The van der Waals surface area contributed by atoms with Gasteiger partial charge in [0.05, 0.1) is 17.8 Å². The normalized spacial score (nSPS) is 15.0. The van der Waals surface area contributed by atoms with Crippen molar-refractivity contribution in [2.24, 2.45) is 11.7 Å². The molecule has 3 rings (SSSR count). The lowest BCUT2D eigenvalue weighted by molar-refractivity contribution is -0.126. The summed E-state index contributed by atoms with van der Waals surface area (Å²) >= 11 is 0. The molecule has 9 nitrogen and oxygen atoms in total. The minimum Gasteiger partial charge on any atom is -0.443 e. The van der Waals surface area contributed by atoms with Gasteiger partial charge in [-0.3, -0.25) is 9.78 Å². The van der Waals surface area contributed by atoms with Gasteiger partial charge in [0.1, 0.15) is 18.8 Å². The fourth-order valence-corrected chi connectivity index (χ4v) is 4.22. The van der Waals surface area contributed by atoms with Gasteiger partial charge in [-0.1, -0.05) is 80.6 Å². The first-order valence-electron chi connectivity index (χ1n) is 13.1. The molecule has 0 aliphatic rings. The summed E-state index contributed by atoms with van der Waals surface area (Å²) in [5.41, 5.74) is 8.62. The van der Waals surface area contributed by atoms with E-state index in [1.165, 1.54) is 0 Å². The Bertz CT molecular complexity index is 1150. The molecule has 3 aromatic rings. The Morgan fingerprint density at radius 1 is 0.846 bits per heavy atom. The Morgan fingerprint density at radius 2 is 1.44 bits per heavy atom. The number of ether oxygens (including phenoxy) is 1. The number of aliphatic hydroxyl groups excluding tert-OH is 2. The zero-order valence-corrected chi connectivity index (χ0v) is 22.3. The number of aliphatic hydroxyl groups is 2. The molecule has 0 radical (unpaired) electrons. The molecule has 0 fully saturated rings. The average Bonchev–Trinajstić information content (AvgIpc) is 2.95. The number of carbonyl (C=O) groups excluding carboxylic acids is 2. The average molecular weight is 535 g/mol. The zero-order valence-electron chi connectivity index (χ0n) is 22.3. The van der Waals surface area contributed by atoms with Crippen molar-refractivity contribution in [3.63, 3.8) is 0 Å². The number of alkyl carbamates (subject to hydrolysis) is 1. The van der Waals surface area contributed by atoms with Crippen molar-refractivity contribution in [3.8, 4) is 0 Å². The number of hydrogen-bond acceptors (Lipinski definition) is 7. The molecule has 0 unspecified atom stereocenters. The topological polar surface area (TPSA) is 147 Å². The van der Waals surface area contributed by atoms with Gasteiger partial charge in [-0.2, -0.15) is 0 Å². The Hall–Kier alpha value is -3.79. The molecule has 0 bridgehead atoms. The third-order valence-electron chi connectivity index (χ3n) is 6.44. The predicted molar refractivity (Wildman–Crippen MR) is 148 cm³/mol. The van der Waals surface area contributed by atoms with E-state index >= 15 is 0 Å². The Balaban J connectivity index is 1.69. The second-order valence-corrected chi connectivity index (χ2v) is 9.90. The summed E-state index contributed by atoms with van der Waals surface area (Å²) < 4.78 is 5.23. The number of nitrogens with one attached hydrogen (secondary N) is 2. The van der Waals surface area contributed by atoms with E-state index in [2.05, 4.69) is 15.6 Å². The number of nitrogens with zero attached hydrogens (tertiary/aromatic N) is 1. The minimum absolute atomic E-state index is 0.0417. The van der Waals surface area contributed by atoms with E-state index in [1.807, 2.05) is 60.7 Å². The van der Waals surface area contributed by atoms with E-state index < -0.39 is 42.3 Å². The van der Waals surface area contributed by atoms with E-state index in [0.717, 1.165) is 11.1 Å². The molecule has 0 spiro atoms. The molecule has 0 saturated carbocycles. The standard InChI is InChI=1S/C30H38N4O5/c1-20(2)26(34-30(38)39-19-23-15-9-10-16-32-23)29(37)33-25(18-22-13-7-4-8-14-22)28(36)27(35)24(31)17-21-11-5-3-6-12-21/h3-16,20,24-28,35-36H,17-19,31H2,1-2H3,(H,33,37)(H,34,38)/t24-,25-,26-,27-,28-/m0/s1. The van der Waals surface area contributed by atoms with E-state index in [1.54, 1.807) is 38.2 Å². The number of benzene rings is 2. The van der Waals surface area contributed by atoms with Gasteiger partial charge in [-0.15, -0.1) is 0 Å². The van der Waals surface area contributed by atoms with Crippen molar-refractivity contribution in [1.82, 2.24) is 15.6 Å². The van der Waals surface area contributed by atoms with E-state index in [9.17, 15) is 19.8 Å². The van der Waals surface area contributed by atoms with Crippen LogP contribution in [0.3, 0.4) is 0 Å². The molecule has 6 N–H and O–H groups in total. The highest BCUT2D eigenvalue weighted by atomic mass is 16.5. The third kappa shape index (κ3) is 9.47. The van der Waals surface area contributed by atoms with Gasteiger partial charge in [-0.25, -0.2) is 4.79 Å². The second kappa shape index (κ2) is 15.0. The van der Waals surface area contributed by atoms with Crippen LogP contribution in [0.1, 0.15) is 30.7 Å². The van der Waals surface area contributed by atoms with E-state index in [-0.39, 0.29) is 18.9 Å². The first-order valence-corrected chi connectivity index (χ1v) is 13.1. The number of nitrogens with two attached hydrogens (primary N) is 1. The molecule has 1 aromatic heterocycles. The molecule has 2 amide bonds. The summed E-state index contributed by atoms with van der Waals surface area (Å²) in [6.07, 6.45) is -1.25.